The van der Waals surface area contributed by atoms with Crippen molar-refractivity contribution < 1.29 is 19.8 Å². The van der Waals surface area contributed by atoms with Crippen molar-refractivity contribution in [3.05, 3.63) is 0 Å². The second kappa shape index (κ2) is 5.36. The summed E-state index contributed by atoms with van der Waals surface area (Å²) in [5, 5.41) is 18.8. The third-order valence-electron chi connectivity index (χ3n) is 4.12. The zero-order chi connectivity index (χ0) is 14.2. The Balaban J connectivity index is 2.12. The third kappa shape index (κ3) is 2.68. The Bertz CT molecular complexity index is 372. The van der Waals surface area contributed by atoms with E-state index in [1.807, 2.05) is 0 Å². The number of likely N-dealkylation sites (tertiary alicyclic amines) is 2. The quantitative estimate of drug-likeness (QED) is 0.775. The molecule has 0 aromatic heterocycles. The predicted molar refractivity (Wildman–Crippen MR) is 68.7 cm³/mol. The first kappa shape index (κ1) is 14.1. The summed E-state index contributed by atoms with van der Waals surface area (Å²) in [6.07, 6.45) is 1.33. The summed E-state index contributed by atoms with van der Waals surface area (Å²) in [5.74, 6) is -0.674. The van der Waals surface area contributed by atoms with E-state index in [0.29, 0.717) is 12.5 Å². The first-order chi connectivity index (χ1) is 8.91. The van der Waals surface area contributed by atoms with Crippen molar-refractivity contribution in [1.82, 2.24) is 9.80 Å². The van der Waals surface area contributed by atoms with Crippen LogP contribution in [0.25, 0.3) is 0 Å². The fourth-order valence-electron chi connectivity index (χ4n) is 3.15. The molecular weight excluding hydrogens is 248 g/mol. The SMILES string of the molecule is CC(C)C1CCCN1C(=O)N1C[C@H](O)C[C@@H]1C(=O)O. The van der Waals surface area contributed by atoms with Crippen LogP contribution in [0.3, 0.4) is 0 Å². The largest absolute Gasteiger partial charge is 0.480 e. The summed E-state index contributed by atoms with van der Waals surface area (Å²) in [4.78, 5) is 26.8. The second-order valence-electron chi connectivity index (χ2n) is 5.83. The number of β-amino-alcohol motifs (C(OH)–C–C–N with tert-alkyl or cyclic N) is 1. The first-order valence-corrected chi connectivity index (χ1v) is 6.90. The highest BCUT2D eigenvalue weighted by Crippen LogP contribution is 2.28. The van der Waals surface area contributed by atoms with Gasteiger partial charge in [-0.25, -0.2) is 9.59 Å². The maximum absolute atomic E-state index is 12.5. The molecular formula is C13H22N2O4. The Kier molecular flexibility index (Phi) is 3.99. The fourth-order valence-corrected chi connectivity index (χ4v) is 3.15. The number of amides is 2. The highest BCUT2D eigenvalue weighted by atomic mass is 16.4. The molecule has 2 saturated heterocycles. The lowest BCUT2D eigenvalue weighted by molar-refractivity contribution is -0.141. The van der Waals surface area contributed by atoms with Gasteiger partial charge in [0.05, 0.1) is 6.10 Å². The number of aliphatic hydroxyl groups excluding tert-OH is 1. The summed E-state index contributed by atoms with van der Waals surface area (Å²) in [5.41, 5.74) is 0. The van der Waals surface area contributed by atoms with Crippen molar-refractivity contribution in [2.45, 2.75) is 51.3 Å². The van der Waals surface area contributed by atoms with Gasteiger partial charge in [-0.3, -0.25) is 0 Å². The summed E-state index contributed by atoms with van der Waals surface area (Å²) in [6, 6.07) is -0.948. The smallest absolute Gasteiger partial charge is 0.326 e. The lowest BCUT2D eigenvalue weighted by Crippen LogP contribution is -2.50. The lowest BCUT2D eigenvalue weighted by atomic mass is 10.0. The molecule has 2 heterocycles. The van der Waals surface area contributed by atoms with Crippen LogP contribution >= 0.6 is 0 Å². The molecule has 2 aliphatic rings. The van der Waals surface area contributed by atoms with Gasteiger partial charge < -0.3 is 20.0 Å². The maximum atomic E-state index is 12.5. The number of carbonyl (C=O) groups is 2. The van der Waals surface area contributed by atoms with E-state index in [-0.39, 0.29) is 25.0 Å². The minimum Gasteiger partial charge on any atom is -0.480 e. The molecule has 0 spiro atoms. The van der Waals surface area contributed by atoms with Crippen LogP contribution in [-0.4, -0.2) is 63.3 Å². The highest BCUT2D eigenvalue weighted by molar-refractivity contribution is 5.83. The Labute approximate surface area is 113 Å². The standard InChI is InChI=1S/C13H22N2O4/c1-8(2)10-4-3-5-14(10)13(19)15-7-9(16)6-11(15)12(17)18/h8-11,16H,3-7H2,1-2H3,(H,17,18)/t9-,10?,11-/m1/s1. The summed E-state index contributed by atoms with van der Waals surface area (Å²) in [7, 11) is 0. The van der Waals surface area contributed by atoms with Gasteiger partial charge in [-0.05, 0) is 18.8 Å². The molecule has 2 aliphatic heterocycles. The Morgan fingerprint density at radius 1 is 1.26 bits per heavy atom. The van der Waals surface area contributed by atoms with Crippen molar-refractivity contribution >= 4 is 12.0 Å². The van der Waals surface area contributed by atoms with E-state index in [4.69, 9.17) is 5.11 Å². The van der Waals surface area contributed by atoms with Gasteiger partial charge in [-0.15, -0.1) is 0 Å². The van der Waals surface area contributed by atoms with Gasteiger partial charge >= 0.3 is 12.0 Å². The second-order valence-corrected chi connectivity index (χ2v) is 5.83. The molecule has 0 aromatic rings. The van der Waals surface area contributed by atoms with E-state index in [1.54, 1.807) is 4.90 Å². The number of aliphatic hydroxyl groups is 1. The zero-order valence-corrected chi connectivity index (χ0v) is 11.5. The topological polar surface area (TPSA) is 81.1 Å². The normalized spacial score (nSPS) is 31.3. The Morgan fingerprint density at radius 2 is 1.95 bits per heavy atom. The van der Waals surface area contributed by atoms with E-state index >= 15 is 0 Å². The Morgan fingerprint density at radius 3 is 2.53 bits per heavy atom. The zero-order valence-electron chi connectivity index (χ0n) is 11.5. The van der Waals surface area contributed by atoms with Crippen molar-refractivity contribution in [2.75, 3.05) is 13.1 Å². The average molecular weight is 270 g/mol. The van der Waals surface area contributed by atoms with Gasteiger partial charge in [-0.2, -0.15) is 0 Å². The third-order valence-corrected chi connectivity index (χ3v) is 4.12. The highest BCUT2D eigenvalue weighted by Gasteiger charge is 2.43. The van der Waals surface area contributed by atoms with Gasteiger partial charge in [0.25, 0.3) is 0 Å². The van der Waals surface area contributed by atoms with Crippen molar-refractivity contribution in [1.29, 1.82) is 0 Å². The van der Waals surface area contributed by atoms with Crippen LogP contribution in [0.15, 0.2) is 0 Å². The molecule has 0 bridgehead atoms. The molecule has 1 unspecified atom stereocenters. The van der Waals surface area contributed by atoms with Gasteiger partial charge in [0.15, 0.2) is 0 Å². The van der Waals surface area contributed by atoms with Crippen LogP contribution in [0.4, 0.5) is 4.79 Å². The van der Waals surface area contributed by atoms with Gasteiger partial charge in [0.1, 0.15) is 6.04 Å². The summed E-state index contributed by atoms with van der Waals surface area (Å²) in [6.45, 7) is 4.95. The fraction of sp³-hybridized carbons (Fsp3) is 0.846. The monoisotopic (exact) mass is 270 g/mol. The molecule has 0 aromatic carbocycles. The molecule has 108 valence electrons. The van der Waals surface area contributed by atoms with Gasteiger partial charge in [0, 0.05) is 25.6 Å². The number of carbonyl (C=O) groups excluding carboxylic acids is 1. The van der Waals surface area contributed by atoms with E-state index < -0.39 is 18.1 Å². The maximum Gasteiger partial charge on any atom is 0.326 e. The molecule has 6 nitrogen and oxygen atoms in total. The van der Waals surface area contributed by atoms with E-state index in [9.17, 15) is 14.7 Å². The van der Waals surface area contributed by atoms with Crippen LogP contribution in [0.2, 0.25) is 0 Å². The minimum absolute atomic E-state index is 0.122. The molecule has 19 heavy (non-hydrogen) atoms. The van der Waals surface area contributed by atoms with Crippen molar-refractivity contribution in [3.8, 4) is 0 Å². The lowest BCUT2D eigenvalue weighted by Gasteiger charge is -2.33. The molecule has 2 fully saturated rings. The number of aliphatic carboxylic acids is 1. The van der Waals surface area contributed by atoms with Crippen molar-refractivity contribution in [3.63, 3.8) is 0 Å². The molecule has 6 heteroatoms. The number of carboxylic acids is 1. The van der Waals surface area contributed by atoms with Gasteiger partial charge in [0.2, 0.25) is 0 Å². The molecule has 0 radical (unpaired) electrons. The molecule has 0 saturated carbocycles. The van der Waals surface area contributed by atoms with E-state index in [2.05, 4.69) is 13.8 Å². The first-order valence-electron chi connectivity index (χ1n) is 6.90. The molecule has 3 atom stereocenters. The number of hydrogen-bond donors (Lipinski definition) is 2. The molecule has 0 aliphatic carbocycles. The van der Waals surface area contributed by atoms with Crippen LogP contribution in [0.1, 0.15) is 33.1 Å². The molecule has 2 amide bonds. The minimum atomic E-state index is -1.04. The van der Waals surface area contributed by atoms with E-state index in [0.717, 1.165) is 12.8 Å². The van der Waals surface area contributed by atoms with Gasteiger partial charge in [-0.1, -0.05) is 13.8 Å². The summed E-state index contributed by atoms with van der Waals surface area (Å²) < 4.78 is 0. The molecule has 2 N–H and O–H groups in total. The Hall–Kier alpha value is -1.30. The summed E-state index contributed by atoms with van der Waals surface area (Å²) >= 11 is 0. The number of carboxylic acid groups (broad SMARTS) is 1. The van der Waals surface area contributed by atoms with Crippen LogP contribution < -0.4 is 0 Å². The number of hydrogen-bond acceptors (Lipinski definition) is 3. The van der Waals surface area contributed by atoms with Crippen molar-refractivity contribution in [2.24, 2.45) is 5.92 Å². The van der Waals surface area contributed by atoms with E-state index in [1.165, 1.54) is 4.90 Å². The van der Waals surface area contributed by atoms with Crippen LogP contribution in [-0.2, 0) is 4.79 Å². The number of urea groups is 1. The van der Waals surface area contributed by atoms with Crippen LogP contribution in [0, 0.1) is 5.92 Å². The average Bonchev–Trinajstić information content (AvgIpc) is 2.93. The predicted octanol–water partition coefficient (Wildman–Crippen LogP) is 0.747. The van der Waals surface area contributed by atoms with Crippen LogP contribution in [0.5, 0.6) is 0 Å². The number of rotatable bonds is 2. The number of nitrogens with zero attached hydrogens (tertiary/aromatic N) is 2. The molecule has 2 rings (SSSR count).